The second-order valence-electron chi connectivity index (χ2n) is 4.12. The van der Waals surface area contributed by atoms with Gasteiger partial charge in [0, 0.05) is 13.0 Å². The summed E-state index contributed by atoms with van der Waals surface area (Å²) < 4.78 is 10.5. The van der Waals surface area contributed by atoms with E-state index in [1.54, 1.807) is 24.3 Å². The second kappa shape index (κ2) is 6.53. The van der Waals surface area contributed by atoms with Crippen LogP contribution in [0.2, 0.25) is 0 Å². The molecule has 2 aromatic rings. The maximum Gasteiger partial charge on any atom is 0.287 e. The zero-order chi connectivity index (χ0) is 15.2. The standard InChI is InChI=1S/C13H14N4O4/c1-8(18)15-10-4-2-3-5-12(10)20-7-9-6-11(17-21-9)13(19)16-14/h2-6H,7,14H2,1H3,(H,15,18)(H,16,19). The molecular formula is C13H14N4O4. The Balaban J connectivity index is 2.04. The highest BCUT2D eigenvalue weighted by Gasteiger charge is 2.12. The first-order valence-electron chi connectivity index (χ1n) is 6.06. The molecule has 0 atom stereocenters. The molecule has 1 heterocycles. The first-order chi connectivity index (χ1) is 10.1. The number of nitrogens with two attached hydrogens (primary N) is 1. The van der Waals surface area contributed by atoms with Crippen LogP contribution in [0.1, 0.15) is 23.2 Å². The SMILES string of the molecule is CC(=O)Nc1ccccc1OCc1cc(C(=O)NN)no1. The fourth-order valence-corrected chi connectivity index (χ4v) is 1.60. The number of hydrazine groups is 1. The van der Waals surface area contributed by atoms with Crippen LogP contribution in [-0.4, -0.2) is 17.0 Å². The minimum Gasteiger partial charge on any atom is -0.483 e. The van der Waals surface area contributed by atoms with Gasteiger partial charge >= 0.3 is 0 Å². The minimum absolute atomic E-state index is 0.0570. The van der Waals surface area contributed by atoms with Crippen molar-refractivity contribution in [2.24, 2.45) is 5.84 Å². The summed E-state index contributed by atoms with van der Waals surface area (Å²) in [6.45, 7) is 1.46. The van der Waals surface area contributed by atoms with Crippen molar-refractivity contribution in [3.8, 4) is 5.75 Å². The third-order valence-corrected chi connectivity index (χ3v) is 2.49. The van der Waals surface area contributed by atoms with E-state index in [9.17, 15) is 9.59 Å². The number of hydrogen-bond acceptors (Lipinski definition) is 6. The summed E-state index contributed by atoms with van der Waals surface area (Å²) in [6, 6.07) is 8.38. The number of ether oxygens (including phenoxy) is 1. The number of benzene rings is 1. The largest absolute Gasteiger partial charge is 0.483 e. The number of carbonyl (C=O) groups is 2. The van der Waals surface area contributed by atoms with Gasteiger partial charge in [-0.15, -0.1) is 0 Å². The van der Waals surface area contributed by atoms with Gasteiger partial charge in [0.25, 0.3) is 5.91 Å². The zero-order valence-electron chi connectivity index (χ0n) is 11.3. The number of para-hydroxylation sites is 2. The van der Waals surface area contributed by atoms with Crippen LogP contribution in [-0.2, 0) is 11.4 Å². The molecule has 0 spiro atoms. The van der Waals surface area contributed by atoms with Gasteiger partial charge in [0.2, 0.25) is 5.91 Å². The van der Waals surface area contributed by atoms with E-state index in [4.69, 9.17) is 15.1 Å². The fourth-order valence-electron chi connectivity index (χ4n) is 1.60. The van der Waals surface area contributed by atoms with Crippen LogP contribution in [0.3, 0.4) is 0 Å². The van der Waals surface area contributed by atoms with Crippen molar-refractivity contribution in [3.05, 3.63) is 41.8 Å². The number of hydrogen-bond donors (Lipinski definition) is 3. The van der Waals surface area contributed by atoms with Crippen molar-refractivity contribution in [3.63, 3.8) is 0 Å². The zero-order valence-corrected chi connectivity index (χ0v) is 11.3. The van der Waals surface area contributed by atoms with Crippen molar-refractivity contribution in [2.45, 2.75) is 13.5 Å². The topological polar surface area (TPSA) is 119 Å². The minimum atomic E-state index is -0.552. The smallest absolute Gasteiger partial charge is 0.287 e. The lowest BCUT2D eigenvalue weighted by atomic mass is 10.3. The van der Waals surface area contributed by atoms with Gasteiger partial charge in [-0.2, -0.15) is 0 Å². The van der Waals surface area contributed by atoms with Crippen molar-refractivity contribution in [1.29, 1.82) is 0 Å². The number of nitrogens with one attached hydrogen (secondary N) is 2. The van der Waals surface area contributed by atoms with Crippen molar-refractivity contribution < 1.29 is 18.8 Å². The molecule has 0 radical (unpaired) electrons. The highest BCUT2D eigenvalue weighted by atomic mass is 16.5. The Kier molecular flexibility index (Phi) is 4.52. The second-order valence-corrected chi connectivity index (χ2v) is 4.12. The molecule has 2 rings (SSSR count). The van der Waals surface area contributed by atoms with Crippen LogP contribution in [0.4, 0.5) is 5.69 Å². The Hall–Kier alpha value is -2.87. The summed E-state index contributed by atoms with van der Waals surface area (Å²) in [5.41, 5.74) is 2.56. The van der Waals surface area contributed by atoms with Gasteiger partial charge in [-0.25, -0.2) is 5.84 Å². The number of amides is 2. The average Bonchev–Trinajstić information content (AvgIpc) is 2.94. The summed E-state index contributed by atoms with van der Waals surface area (Å²) in [5, 5.41) is 6.20. The van der Waals surface area contributed by atoms with Crippen LogP contribution in [0.15, 0.2) is 34.9 Å². The number of anilines is 1. The molecular weight excluding hydrogens is 276 g/mol. The summed E-state index contributed by atoms with van der Waals surface area (Å²) in [7, 11) is 0. The molecule has 2 amide bonds. The van der Waals surface area contributed by atoms with Gasteiger partial charge < -0.3 is 14.6 Å². The van der Waals surface area contributed by atoms with E-state index < -0.39 is 5.91 Å². The Labute approximate surface area is 120 Å². The molecule has 8 heteroatoms. The summed E-state index contributed by atoms with van der Waals surface area (Å²) >= 11 is 0. The lowest BCUT2D eigenvalue weighted by molar-refractivity contribution is -0.114. The molecule has 0 saturated carbocycles. The highest BCUT2D eigenvalue weighted by molar-refractivity contribution is 5.91. The number of nitrogen functional groups attached to an aromatic ring is 1. The molecule has 0 unspecified atom stereocenters. The molecule has 1 aromatic carbocycles. The lowest BCUT2D eigenvalue weighted by Crippen LogP contribution is -2.30. The Bertz CT molecular complexity index is 653. The summed E-state index contributed by atoms with van der Waals surface area (Å²) in [5.74, 6) is 5.07. The Morgan fingerprint density at radius 1 is 1.38 bits per heavy atom. The monoisotopic (exact) mass is 290 g/mol. The van der Waals surface area contributed by atoms with Crippen molar-refractivity contribution in [2.75, 3.05) is 5.32 Å². The predicted molar refractivity (Wildman–Crippen MR) is 73.2 cm³/mol. The third kappa shape index (κ3) is 3.80. The van der Waals surface area contributed by atoms with Crippen LogP contribution in [0, 0.1) is 0 Å². The molecule has 8 nitrogen and oxygen atoms in total. The highest BCUT2D eigenvalue weighted by Crippen LogP contribution is 2.24. The maximum atomic E-state index is 11.2. The molecule has 0 saturated heterocycles. The van der Waals surface area contributed by atoms with E-state index in [0.717, 1.165) is 0 Å². The number of rotatable bonds is 5. The van der Waals surface area contributed by atoms with E-state index in [1.165, 1.54) is 13.0 Å². The fraction of sp³-hybridized carbons (Fsp3) is 0.154. The van der Waals surface area contributed by atoms with Gasteiger partial charge in [0.15, 0.2) is 11.5 Å². The molecule has 0 aliphatic carbocycles. The predicted octanol–water partition coefficient (Wildman–Crippen LogP) is 0.815. The van der Waals surface area contributed by atoms with E-state index in [-0.39, 0.29) is 18.2 Å². The molecule has 0 aliphatic rings. The first kappa shape index (κ1) is 14.5. The number of aromatic nitrogens is 1. The van der Waals surface area contributed by atoms with Crippen molar-refractivity contribution >= 4 is 17.5 Å². The normalized spacial score (nSPS) is 10.0. The van der Waals surface area contributed by atoms with Gasteiger partial charge in [-0.3, -0.25) is 15.0 Å². The molecule has 1 aromatic heterocycles. The van der Waals surface area contributed by atoms with Crippen LogP contribution in [0.5, 0.6) is 5.75 Å². The molecule has 4 N–H and O–H groups in total. The lowest BCUT2D eigenvalue weighted by Gasteiger charge is -2.10. The van der Waals surface area contributed by atoms with Gasteiger partial charge in [0.1, 0.15) is 12.4 Å². The Morgan fingerprint density at radius 3 is 2.86 bits per heavy atom. The third-order valence-electron chi connectivity index (χ3n) is 2.49. The van der Waals surface area contributed by atoms with E-state index >= 15 is 0 Å². The van der Waals surface area contributed by atoms with Crippen molar-refractivity contribution in [1.82, 2.24) is 10.6 Å². The van der Waals surface area contributed by atoms with E-state index in [1.807, 2.05) is 5.43 Å². The van der Waals surface area contributed by atoms with E-state index in [0.29, 0.717) is 17.2 Å². The Morgan fingerprint density at radius 2 is 2.14 bits per heavy atom. The van der Waals surface area contributed by atoms with Crippen LogP contribution >= 0.6 is 0 Å². The van der Waals surface area contributed by atoms with E-state index in [2.05, 4.69) is 10.5 Å². The summed E-state index contributed by atoms with van der Waals surface area (Å²) in [4.78, 5) is 22.3. The van der Waals surface area contributed by atoms with Crippen LogP contribution < -0.4 is 21.3 Å². The molecule has 0 aliphatic heterocycles. The number of nitrogens with zero attached hydrogens (tertiary/aromatic N) is 1. The molecule has 0 bridgehead atoms. The average molecular weight is 290 g/mol. The molecule has 21 heavy (non-hydrogen) atoms. The quantitative estimate of drug-likeness (QED) is 0.426. The van der Waals surface area contributed by atoms with Gasteiger partial charge in [-0.05, 0) is 12.1 Å². The molecule has 110 valence electrons. The first-order valence-corrected chi connectivity index (χ1v) is 6.06. The van der Waals surface area contributed by atoms with Crippen LogP contribution in [0.25, 0.3) is 0 Å². The van der Waals surface area contributed by atoms with Gasteiger partial charge in [-0.1, -0.05) is 17.3 Å². The summed E-state index contributed by atoms with van der Waals surface area (Å²) in [6.07, 6.45) is 0. The maximum absolute atomic E-state index is 11.2. The molecule has 0 fully saturated rings. The number of carbonyl (C=O) groups excluding carboxylic acids is 2. The van der Waals surface area contributed by atoms with Gasteiger partial charge in [0.05, 0.1) is 5.69 Å².